The van der Waals surface area contributed by atoms with Crippen LogP contribution in [0.2, 0.25) is 0 Å². The molecule has 1 atom stereocenters. The van der Waals surface area contributed by atoms with Crippen molar-refractivity contribution in [3.63, 3.8) is 0 Å². The molecule has 1 unspecified atom stereocenters. The Bertz CT molecular complexity index is 656. The zero-order valence-electron chi connectivity index (χ0n) is 13.1. The summed E-state index contributed by atoms with van der Waals surface area (Å²) >= 11 is 0. The fourth-order valence-electron chi connectivity index (χ4n) is 2.99. The number of hydrogen-bond donors (Lipinski definition) is 2. The molecule has 2 heterocycles. The van der Waals surface area contributed by atoms with Crippen molar-refractivity contribution >= 4 is 5.91 Å². The number of aromatic nitrogens is 3. The fourth-order valence-corrected chi connectivity index (χ4v) is 2.99. The molecule has 7 nitrogen and oxygen atoms in total. The Morgan fingerprint density at radius 3 is 2.83 bits per heavy atom. The molecule has 0 saturated carbocycles. The summed E-state index contributed by atoms with van der Waals surface area (Å²) in [5, 5.41) is 21.0. The Kier molecular flexibility index (Phi) is 4.40. The van der Waals surface area contributed by atoms with Crippen LogP contribution in [0.25, 0.3) is 0 Å². The standard InChI is InChI=1S/C16H21N5O2/c1-17-15(22)14-4-2-13(3-5-14)10-20-8-6-16(23,11-20)12-21-9-7-18-19-21/h2-5,7,9,23H,6,8,10-12H2,1H3,(H,17,22). The third kappa shape index (κ3) is 3.75. The van der Waals surface area contributed by atoms with Crippen LogP contribution in [-0.4, -0.2) is 56.6 Å². The van der Waals surface area contributed by atoms with Crippen LogP contribution in [0.15, 0.2) is 36.7 Å². The molecule has 1 saturated heterocycles. The molecule has 1 amide bonds. The molecule has 2 N–H and O–H groups in total. The highest BCUT2D eigenvalue weighted by Crippen LogP contribution is 2.24. The minimum absolute atomic E-state index is 0.0834. The van der Waals surface area contributed by atoms with E-state index in [1.54, 1.807) is 24.1 Å². The zero-order chi connectivity index (χ0) is 16.3. The molecule has 1 aliphatic heterocycles. The molecule has 2 aromatic rings. The van der Waals surface area contributed by atoms with Crippen molar-refractivity contribution in [2.45, 2.75) is 25.1 Å². The number of likely N-dealkylation sites (tertiary alicyclic amines) is 1. The van der Waals surface area contributed by atoms with Gasteiger partial charge in [-0.3, -0.25) is 9.69 Å². The maximum Gasteiger partial charge on any atom is 0.251 e. The van der Waals surface area contributed by atoms with E-state index >= 15 is 0 Å². The molecule has 7 heteroatoms. The number of amides is 1. The van der Waals surface area contributed by atoms with Crippen molar-refractivity contribution in [2.75, 3.05) is 20.1 Å². The summed E-state index contributed by atoms with van der Waals surface area (Å²) in [7, 11) is 1.62. The lowest BCUT2D eigenvalue weighted by Gasteiger charge is -2.23. The predicted molar refractivity (Wildman–Crippen MR) is 84.7 cm³/mol. The van der Waals surface area contributed by atoms with Crippen molar-refractivity contribution in [2.24, 2.45) is 0 Å². The summed E-state index contributed by atoms with van der Waals surface area (Å²) in [5.74, 6) is -0.0834. The lowest BCUT2D eigenvalue weighted by Crippen LogP contribution is -2.37. The number of hydrogen-bond acceptors (Lipinski definition) is 5. The van der Waals surface area contributed by atoms with Crippen molar-refractivity contribution in [1.82, 2.24) is 25.2 Å². The average molecular weight is 315 g/mol. The van der Waals surface area contributed by atoms with E-state index in [4.69, 9.17) is 0 Å². The smallest absolute Gasteiger partial charge is 0.251 e. The van der Waals surface area contributed by atoms with Crippen molar-refractivity contribution < 1.29 is 9.90 Å². The monoisotopic (exact) mass is 315 g/mol. The van der Waals surface area contributed by atoms with E-state index in [2.05, 4.69) is 20.5 Å². The van der Waals surface area contributed by atoms with Gasteiger partial charge >= 0.3 is 0 Å². The number of β-amino-alcohol motifs (C(OH)–C–C–N with tert-alkyl or cyclic N) is 1. The third-order valence-electron chi connectivity index (χ3n) is 4.19. The van der Waals surface area contributed by atoms with Crippen LogP contribution in [0.5, 0.6) is 0 Å². The van der Waals surface area contributed by atoms with E-state index in [1.807, 2.05) is 24.3 Å². The normalized spacial score (nSPS) is 21.5. The minimum atomic E-state index is -0.768. The van der Waals surface area contributed by atoms with Gasteiger partial charge in [-0.1, -0.05) is 17.3 Å². The second-order valence-electron chi connectivity index (χ2n) is 6.06. The summed E-state index contributed by atoms with van der Waals surface area (Å²) in [6.45, 7) is 2.65. The maximum absolute atomic E-state index is 11.5. The Balaban J connectivity index is 1.58. The molecule has 122 valence electrons. The number of rotatable bonds is 5. The molecule has 1 fully saturated rings. The summed E-state index contributed by atoms with van der Waals surface area (Å²) in [6, 6.07) is 7.57. The second kappa shape index (κ2) is 6.47. The largest absolute Gasteiger partial charge is 0.387 e. The number of carbonyl (C=O) groups excluding carboxylic acids is 1. The maximum atomic E-state index is 11.5. The van der Waals surface area contributed by atoms with Crippen molar-refractivity contribution in [3.8, 4) is 0 Å². The third-order valence-corrected chi connectivity index (χ3v) is 4.19. The molecule has 1 aromatic carbocycles. The highest BCUT2D eigenvalue weighted by atomic mass is 16.3. The lowest BCUT2D eigenvalue weighted by molar-refractivity contribution is 0.0274. The Hall–Kier alpha value is -2.25. The van der Waals surface area contributed by atoms with Gasteiger partial charge in [-0.2, -0.15) is 0 Å². The molecule has 0 bridgehead atoms. The second-order valence-corrected chi connectivity index (χ2v) is 6.06. The predicted octanol–water partition coefficient (Wildman–Crippen LogP) is 0.275. The van der Waals surface area contributed by atoms with Gasteiger partial charge in [0.1, 0.15) is 0 Å². The molecule has 3 rings (SSSR count). The quantitative estimate of drug-likeness (QED) is 0.828. The van der Waals surface area contributed by atoms with Crippen LogP contribution in [0, 0.1) is 0 Å². The van der Waals surface area contributed by atoms with Crippen LogP contribution in [0.1, 0.15) is 22.3 Å². The summed E-state index contributed by atoms with van der Waals surface area (Å²) < 4.78 is 1.67. The van der Waals surface area contributed by atoms with Gasteiger partial charge in [0.2, 0.25) is 0 Å². The van der Waals surface area contributed by atoms with E-state index in [1.165, 1.54) is 0 Å². The Labute approximate surface area is 134 Å². The van der Waals surface area contributed by atoms with Gasteiger partial charge in [-0.25, -0.2) is 4.68 Å². The van der Waals surface area contributed by atoms with E-state index in [9.17, 15) is 9.90 Å². The molecule has 0 spiro atoms. The first kappa shape index (κ1) is 15.6. The van der Waals surface area contributed by atoms with E-state index < -0.39 is 5.60 Å². The van der Waals surface area contributed by atoms with Crippen LogP contribution in [0.3, 0.4) is 0 Å². The summed E-state index contributed by atoms with van der Waals surface area (Å²) in [5.41, 5.74) is 1.01. The average Bonchev–Trinajstić information content (AvgIpc) is 3.17. The molecule has 0 radical (unpaired) electrons. The fraction of sp³-hybridized carbons (Fsp3) is 0.438. The van der Waals surface area contributed by atoms with E-state index in [0.717, 1.165) is 18.7 Å². The van der Waals surface area contributed by atoms with Crippen molar-refractivity contribution in [1.29, 1.82) is 0 Å². The number of benzene rings is 1. The van der Waals surface area contributed by atoms with Gasteiger partial charge in [-0.15, -0.1) is 5.10 Å². The molecule has 1 aromatic heterocycles. The lowest BCUT2D eigenvalue weighted by atomic mass is 10.0. The molecule has 23 heavy (non-hydrogen) atoms. The number of nitrogens with zero attached hydrogens (tertiary/aromatic N) is 4. The number of aliphatic hydroxyl groups is 1. The van der Waals surface area contributed by atoms with Gasteiger partial charge in [-0.05, 0) is 24.1 Å². The first-order valence-corrected chi connectivity index (χ1v) is 7.68. The van der Waals surface area contributed by atoms with Gasteiger partial charge in [0.05, 0.1) is 18.3 Å². The zero-order valence-corrected chi connectivity index (χ0v) is 13.1. The van der Waals surface area contributed by atoms with E-state index in [0.29, 0.717) is 25.1 Å². The van der Waals surface area contributed by atoms with Crippen LogP contribution >= 0.6 is 0 Å². The van der Waals surface area contributed by atoms with Gasteiger partial charge in [0.25, 0.3) is 5.91 Å². The van der Waals surface area contributed by atoms with Gasteiger partial charge < -0.3 is 10.4 Å². The highest BCUT2D eigenvalue weighted by molar-refractivity contribution is 5.93. The van der Waals surface area contributed by atoms with Gasteiger partial charge in [0, 0.05) is 38.4 Å². The van der Waals surface area contributed by atoms with Crippen molar-refractivity contribution in [3.05, 3.63) is 47.8 Å². The topological polar surface area (TPSA) is 83.3 Å². The first-order valence-electron chi connectivity index (χ1n) is 7.68. The SMILES string of the molecule is CNC(=O)c1ccc(CN2CCC(O)(Cn3ccnn3)C2)cc1. The minimum Gasteiger partial charge on any atom is -0.387 e. The summed E-state index contributed by atoms with van der Waals surface area (Å²) in [4.78, 5) is 13.8. The Morgan fingerprint density at radius 1 is 1.39 bits per heavy atom. The van der Waals surface area contributed by atoms with E-state index in [-0.39, 0.29) is 5.91 Å². The molecule has 0 aliphatic carbocycles. The summed E-state index contributed by atoms with van der Waals surface area (Å²) in [6.07, 6.45) is 4.09. The number of nitrogens with one attached hydrogen (secondary N) is 1. The molecular formula is C16H21N5O2. The van der Waals surface area contributed by atoms with Crippen LogP contribution in [0.4, 0.5) is 0 Å². The highest BCUT2D eigenvalue weighted by Gasteiger charge is 2.36. The molecular weight excluding hydrogens is 294 g/mol. The molecule has 1 aliphatic rings. The van der Waals surface area contributed by atoms with Crippen LogP contribution < -0.4 is 5.32 Å². The first-order chi connectivity index (χ1) is 11.1. The Morgan fingerprint density at radius 2 is 2.17 bits per heavy atom. The van der Waals surface area contributed by atoms with Crippen LogP contribution in [-0.2, 0) is 13.1 Å². The van der Waals surface area contributed by atoms with Gasteiger partial charge in [0.15, 0.2) is 0 Å². The number of carbonyl (C=O) groups is 1.